The second-order valence-corrected chi connectivity index (χ2v) is 6.15. The molecule has 1 fully saturated rings. The van der Waals surface area contributed by atoms with Gasteiger partial charge in [0.1, 0.15) is 11.6 Å². The number of aromatic nitrogens is 1. The summed E-state index contributed by atoms with van der Waals surface area (Å²) >= 11 is 12.5. The van der Waals surface area contributed by atoms with Gasteiger partial charge >= 0.3 is 0 Å². The Morgan fingerprint density at radius 2 is 1.95 bits per heavy atom. The molecule has 0 unspecified atom stereocenters. The van der Waals surface area contributed by atoms with Gasteiger partial charge in [-0.15, -0.1) is 0 Å². The Morgan fingerprint density at radius 1 is 1.30 bits per heavy atom. The van der Waals surface area contributed by atoms with E-state index in [0.717, 1.165) is 38.3 Å². The molecule has 1 aliphatic heterocycles. The molecule has 1 aromatic heterocycles. The minimum Gasteiger partial charge on any atom is -0.369 e. The molecule has 0 radical (unpaired) electrons. The molecule has 0 saturated carbocycles. The predicted molar refractivity (Wildman–Crippen MR) is 87.3 cm³/mol. The number of rotatable bonds is 4. The van der Waals surface area contributed by atoms with Crippen molar-refractivity contribution in [1.29, 1.82) is 0 Å². The SMILES string of the molecule is CCNc1nc(N2CCC(N(C)C)CC2)c(Cl)cc1Cl. The average Bonchev–Trinajstić information content (AvgIpc) is 2.42. The topological polar surface area (TPSA) is 31.4 Å². The second-order valence-electron chi connectivity index (χ2n) is 5.34. The maximum absolute atomic E-state index is 6.31. The normalized spacial score (nSPS) is 16.8. The predicted octanol–water partition coefficient (Wildman–Crippen LogP) is 3.35. The Bertz CT molecular complexity index is 457. The van der Waals surface area contributed by atoms with E-state index in [2.05, 4.69) is 34.2 Å². The molecule has 1 aromatic rings. The van der Waals surface area contributed by atoms with E-state index in [1.54, 1.807) is 6.07 Å². The van der Waals surface area contributed by atoms with Crippen molar-refractivity contribution in [3.8, 4) is 0 Å². The smallest absolute Gasteiger partial charge is 0.149 e. The van der Waals surface area contributed by atoms with Gasteiger partial charge in [-0.3, -0.25) is 0 Å². The summed E-state index contributed by atoms with van der Waals surface area (Å²) in [5.41, 5.74) is 0. The van der Waals surface area contributed by atoms with Gasteiger partial charge in [-0.2, -0.15) is 0 Å². The van der Waals surface area contributed by atoms with E-state index < -0.39 is 0 Å². The molecule has 0 spiro atoms. The number of hydrogen-bond acceptors (Lipinski definition) is 4. The van der Waals surface area contributed by atoms with Crippen molar-refractivity contribution in [2.75, 3.05) is 43.9 Å². The number of nitrogens with zero attached hydrogens (tertiary/aromatic N) is 3. The van der Waals surface area contributed by atoms with Gasteiger partial charge in [-0.25, -0.2) is 4.98 Å². The Balaban J connectivity index is 2.15. The quantitative estimate of drug-likeness (QED) is 0.923. The van der Waals surface area contributed by atoms with Gasteiger partial charge in [-0.05, 0) is 39.9 Å². The van der Waals surface area contributed by atoms with Crippen LogP contribution in [0, 0.1) is 0 Å². The van der Waals surface area contributed by atoms with E-state index in [4.69, 9.17) is 23.2 Å². The molecular weight excluding hydrogens is 295 g/mol. The molecule has 0 aromatic carbocycles. The standard InChI is InChI=1S/C14H22Cl2N4/c1-4-17-13-11(15)9-12(16)14(18-13)20-7-5-10(6-8-20)19(2)3/h9-10H,4-8H2,1-3H3,(H,17,18). The molecule has 0 bridgehead atoms. The summed E-state index contributed by atoms with van der Waals surface area (Å²) in [7, 11) is 4.27. The zero-order valence-electron chi connectivity index (χ0n) is 12.3. The molecule has 1 N–H and O–H groups in total. The van der Waals surface area contributed by atoms with Crippen molar-refractivity contribution >= 4 is 34.8 Å². The van der Waals surface area contributed by atoms with Crippen LogP contribution < -0.4 is 10.2 Å². The first-order valence-electron chi connectivity index (χ1n) is 7.04. The highest BCUT2D eigenvalue weighted by Gasteiger charge is 2.23. The summed E-state index contributed by atoms with van der Waals surface area (Å²) in [5.74, 6) is 1.55. The fourth-order valence-corrected chi connectivity index (χ4v) is 3.11. The van der Waals surface area contributed by atoms with Crippen LogP contribution in [0.15, 0.2) is 6.07 Å². The third-order valence-corrected chi connectivity index (χ3v) is 4.32. The molecule has 112 valence electrons. The largest absolute Gasteiger partial charge is 0.369 e. The number of anilines is 2. The summed E-state index contributed by atoms with van der Waals surface area (Å²) in [5, 5.41) is 4.37. The Morgan fingerprint density at radius 3 is 2.50 bits per heavy atom. The first kappa shape index (κ1) is 15.7. The van der Waals surface area contributed by atoms with Crippen molar-refractivity contribution in [3.63, 3.8) is 0 Å². The van der Waals surface area contributed by atoms with Crippen LogP contribution in [0.25, 0.3) is 0 Å². The Hall–Kier alpha value is -0.710. The molecule has 2 rings (SSSR count). The number of pyridine rings is 1. The molecule has 0 amide bonds. The van der Waals surface area contributed by atoms with Crippen molar-refractivity contribution in [3.05, 3.63) is 16.1 Å². The first-order valence-corrected chi connectivity index (χ1v) is 7.79. The summed E-state index contributed by atoms with van der Waals surface area (Å²) in [4.78, 5) is 9.13. The maximum Gasteiger partial charge on any atom is 0.149 e. The maximum atomic E-state index is 6.31. The van der Waals surface area contributed by atoms with Crippen LogP contribution in [0.1, 0.15) is 19.8 Å². The molecule has 0 aliphatic carbocycles. The van der Waals surface area contributed by atoms with Crippen molar-refractivity contribution in [2.45, 2.75) is 25.8 Å². The molecule has 1 saturated heterocycles. The highest BCUT2D eigenvalue weighted by Crippen LogP contribution is 2.33. The third-order valence-electron chi connectivity index (χ3n) is 3.75. The fraction of sp³-hybridized carbons (Fsp3) is 0.643. The lowest BCUT2D eigenvalue weighted by Crippen LogP contribution is -2.42. The monoisotopic (exact) mass is 316 g/mol. The zero-order chi connectivity index (χ0) is 14.7. The second kappa shape index (κ2) is 6.83. The van der Waals surface area contributed by atoms with Crippen LogP contribution in [0.5, 0.6) is 0 Å². The number of hydrogen-bond donors (Lipinski definition) is 1. The molecule has 2 heterocycles. The summed E-state index contributed by atoms with van der Waals surface area (Å²) < 4.78 is 0. The van der Waals surface area contributed by atoms with Gasteiger partial charge in [-0.1, -0.05) is 23.2 Å². The fourth-order valence-electron chi connectivity index (χ4n) is 2.56. The van der Waals surface area contributed by atoms with E-state index in [-0.39, 0.29) is 0 Å². The highest BCUT2D eigenvalue weighted by atomic mass is 35.5. The van der Waals surface area contributed by atoms with Crippen LogP contribution in [-0.4, -0.2) is 49.7 Å². The molecule has 6 heteroatoms. The van der Waals surface area contributed by atoms with Crippen LogP contribution in [-0.2, 0) is 0 Å². The first-order chi connectivity index (χ1) is 9.52. The Labute approximate surface area is 131 Å². The van der Waals surface area contributed by atoms with Crippen LogP contribution in [0.2, 0.25) is 10.0 Å². The van der Waals surface area contributed by atoms with E-state index in [9.17, 15) is 0 Å². The number of nitrogens with one attached hydrogen (secondary N) is 1. The molecule has 20 heavy (non-hydrogen) atoms. The summed E-state index contributed by atoms with van der Waals surface area (Å²) in [6.07, 6.45) is 2.26. The van der Waals surface area contributed by atoms with Crippen molar-refractivity contribution in [2.24, 2.45) is 0 Å². The highest BCUT2D eigenvalue weighted by molar-refractivity contribution is 6.37. The van der Waals surface area contributed by atoms with Crippen LogP contribution in [0.4, 0.5) is 11.6 Å². The van der Waals surface area contributed by atoms with E-state index >= 15 is 0 Å². The lowest BCUT2D eigenvalue weighted by Gasteiger charge is -2.36. The Kier molecular flexibility index (Phi) is 5.35. The minimum absolute atomic E-state index is 0.573. The summed E-state index contributed by atoms with van der Waals surface area (Å²) in [6, 6.07) is 2.42. The van der Waals surface area contributed by atoms with Gasteiger partial charge in [0.05, 0.1) is 10.0 Å². The van der Waals surface area contributed by atoms with Gasteiger partial charge in [0.15, 0.2) is 0 Å². The number of piperidine rings is 1. The van der Waals surface area contributed by atoms with Crippen molar-refractivity contribution < 1.29 is 0 Å². The number of halogens is 2. The van der Waals surface area contributed by atoms with Crippen LogP contribution >= 0.6 is 23.2 Å². The molecule has 1 aliphatic rings. The lowest BCUT2D eigenvalue weighted by atomic mass is 10.0. The van der Waals surface area contributed by atoms with Crippen molar-refractivity contribution in [1.82, 2.24) is 9.88 Å². The average molecular weight is 317 g/mol. The van der Waals surface area contributed by atoms with Gasteiger partial charge in [0.25, 0.3) is 0 Å². The molecular formula is C14H22Cl2N4. The van der Waals surface area contributed by atoms with E-state index in [1.165, 1.54) is 0 Å². The molecule has 0 atom stereocenters. The summed E-state index contributed by atoms with van der Waals surface area (Å²) in [6.45, 7) is 4.76. The van der Waals surface area contributed by atoms with Gasteiger partial charge < -0.3 is 15.1 Å². The molecule has 4 nitrogen and oxygen atoms in total. The van der Waals surface area contributed by atoms with Crippen LogP contribution in [0.3, 0.4) is 0 Å². The lowest BCUT2D eigenvalue weighted by molar-refractivity contribution is 0.249. The zero-order valence-corrected chi connectivity index (χ0v) is 13.8. The van der Waals surface area contributed by atoms with Gasteiger partial charge in [0, 0.05) is 25.7 Å². The minimum atomic E-state index is 0.573. The van der Waals surface area contributed by atoms with E-state index in [1.807, 2.05) is 6.92 Å². The van der Waals surface area contributed by atoms with E-state index in [0.29, 0.717) is 21.9 Å². The van der Waals surface area contributed by atoms with Gasteiger partial charge in [0.2, 0.25) is 0 Å². The third kappa shape index (κ3) is 3.48.